The third-order valence-corrected chi connectivity index (χ3v) is 4.29. The molecule has 0 bridgehead atoms. The molecule has 0 aromatic heterocycles. The van der Waals surface area contributed by atoms with Gasteiger partial charge in [0.2, 0.25) is 0 Å². The van der Waals surface area contributed by atoms with Gasteiger partial charge in [-0.1, -0.05) is 71.7 Å². The molecule has 0 aliphatic heterocycles. The summed E-state index contributed by atoms with van der Waals surface area (Å²) in [6, 6.07) is 17.4. The molecule has 96 valence electrons. The van der Waals surface area contributed by atoms with Gasteiger partial charge >= 0.3 is 0 Å². The Labute approximate surface area is 123 Å². The Hall–Kier alpha value is -1.34. The van der Waals surface area contributed by atoms with Crippen LogP contribution < -0.4 is 0 Å². The predicted molar refractivity (Wildman–Crippen MR) is 86.1 cm³/mol. The molecule has 3 rings (SSSR count). The van der Waals surface area contributed by atoms with E-state index in [1.54, 1.807) is 0 Å². The predicted octanol–water partition coefficient (Wildman–Crippen LogP) is 5.89. The third-order valence-electron chi connectivity index (χ3n) is 3.80. The lowest BCUT2D eigenvalue weighted by Crippen LogP contribution is -1.98. The van der Waals surface area contributed by atoms with Crippen molar-refractivity contribution in [3.05, 3.63) is 69.7 Å². The summed E-state index contributed by atoms with van der Waals surface area (Å²) in [5.41, 5.74) is 5.67. The highest BCUT2D eigenvalue weighted by Gasteiger charge is 2.25. The quantitative estimate of drug-likeness (QED) is 0.663. The van der Waals surface area contributed by atoms with Crippen LogP contribution in [0.3, 0.4) is 0 Å². The molecule has 0 saturated heterocycles. The van der Waals surface area contributed by atoms with Crippen molar-refractivity contribution in [1.29, 1.82) is 0 Å². The van der Waals surface area contributed by atoms with Crippen molar-refractivity contribution in [2.45, 2.75) is 25.7 Å². The van der Waals surface area contributed by atoms with Crippen LogP contribution in [0.5, 0.6) is 0 Å². The molecule has 0 radical (unpaired) electrons. The van der Waals surface area contributed by atoms with E-state index in [-0.39, 0.29) is 0 Å². The molecule has 0 fully saturated rings. The number of hydrogen-bond acceptors (Lipinski definition) is 0. The standard InChI is InChI=1S/C18H17Br/c1-2-6-17-16-10-9-15(19)11-14(16)12-18(17)13-7-4-3-5-8-13/h3-5,7-12,17H,2,6H2,1H3. The first-order valence-corrected chi connectivity index (χ1v) is 7.65. The van der Waals surface area contributed by atoms with Gasteiger partial charge in [-0.3, -0.25) is 0 Å². The van der Waals surface area contributed by atoms with Gasteiger partial charge in [0.1, 0.15) is 0 Å². The lowest BCUT2D eigenvalue weighted by atomic mass is 9.88. The Morgan fingerprint density at radius 2 is 1.84 bits per heavy atom. The summed E-state index contributed by atoms with van der Waals surface area (Å²) < 4.78 is 1.16. The van der Waals surface area contributed by atoms with Crippen LogP contribution in [-0.4, -0.2) is 0 Å². The molecule has 0 spiro atoms. The first-order valence-electron chi connectivity index (χ1n) is 6.86. The topological polar surface area (TPSA) is 0 Å². The van der Waals surface area contributed by atoms with Gasteiger partial charge in [0, 0.05) is 10.4 Å². The third kappa shape index (κ3) is 2.40. The number of rotatable bonds is 3. The van der Waals surface area contributed by atoms with Gasteiger partial charge in [-0.25, -0.2) is 0 Å². The molecular weight excluding hydrogens is 296 g/mol. The van der Waals surface area contributed by atoms with E-state index in [1.807, 2.05) is 0 Å². The van der Waals surface area contributed by atoms with Gasteiger partial charge in [0.25, 0.3) is 0 Å². The summed E-state index contributed by atoms with van der Waals surface area (Å²) >= 11 is 3.57. The summed E-state index contributed by atoms with van der Waals surface area (Å²) in [6.45, 7) is 2.26. The molecule has 0 saturated carbocycles. The Bertz CT molecular complexity index is 611. The van der Waals surface area contributed by atoms with Crippen molar-refractivity contribution < 1.29 is 0 Å². The molecule has 1 atom stereocenters. The van der Waals surface area contributed by atoms with Crippen LogP contribution in [-0.2, 0) is 0 Å². The smallest absolute Gasteiger partial charge is 0.0181 e. The van der Waals surface area contributed by atoms with Gasteiger partial charge in [-0.15, -0.1) is 0 Å². The summed E-state index contributed by atoms with van der Waals surface area (Å²) in [5.74, 6) is 0.551. The maximum Gasteiger partial charge on any atom is 0.0181 e. The molecule has 19 heavy (non-hydrogen) atoms. The number of benzene rings is 2. The Kier molecular flexibility index (Phi) is 3.56. The van der Waals surface area contributed by atoms with Crippen molar-refractivity contribution >= 4 is 27.6 Å². The zero-order valence-corrected chi connectivity index (χ0v) is 12.7. The summed E-state index contributed by atoms with van der Waals surface area (Å²) in [5, 5.41) is 0. The maximum atomic E-state index is 3.57. The van der Waals surface area contributed by atoms with E-state index in [0.717, 1.165) is 4.47 Å². The highest BCUT2D eigenvalue weighted by molar-refractivity contribution is 9.10. The van der Waals surface area contributed by atoms with E-state index in [9.17, 15) is 0 Å². The van der Waals surface area contributed by atoms with Gasteiger partial charge in [0.15, 0.2) is 0 Å². The van der Waals surface area contributed by atoms with Crippen molar-refractivity contribution in [1.82, 2.24) is 0 Å². The fourth-order valence-electron chi connectivity index (χ4n) is 2.94. The SMILES string of the molecule is CCCC1C(c2ccccc2)=Cc2cc(Br)ccc21. The van der Waals surface area contributed by atoms with E-state index in [0.29, 0.717) is 5.92 Å². The zero-order chi connectivity index (χ0) is 13.2. The molecule has 1 aliphatic rings. The Balaban J connectivity index is 2.07. The van der Waals surface area contributed by atoms with Crippen LogP contribution in [0.2, 0.25) is 0 Å². The molecule has 0 nitrogen and oxygen atoms in total. The van der Waals surface area contributed by atoms with Gasteiger partial charge < -0.3 is 0 Å². The Morgan fingerprint density at radius 3 is 2.58 bits per heavy atom. The minimum absolute atomic E-state index is 0.551. The van der Waals surface area contributed by atoms with Gasteiger partial charge in [-0.2, -0.15) is 0 Å². The highest BCUT2D eigenvalue weighted by Crippen LogP contribution is 2.44. The molecular formula is C18H17Br. The van der Waals surface area contributed by atoms with Crippen LogP contribution >= 0.6 is 15.9 Å². The second-order valence-electron chi connectivity index (χ2n) is 5.08. The lowest BCUT2D eigenvalue weighted by molar-refractivity contribution is 0.737. The van der Waals surface area contributed by atoms with Crippen LogP contribution in [0.25, 0.3) is 11.6 Å². The van der Waals surface area contributed by atoms with E-state index in [4.69, 9.17) is 0 Å². The molecule has 1 unspecified atom stereocenters. The van der Waals surface area contributed by atoms with Crippen LogP contribution in [0.15, 0.2) is 53.0 Å². The maximum absolute atomic E-state index is 3.57. The first-order chi connectivity index (χ1) is 9.29. The van der Waals surface area contributed by atoms with E-state index >= 15 is 0 Å². The zero-order valence-electron chi connectivity index (χ0n) is 11.1. The second-order valence-corrected chi connectivity index (χ2v) is 6.00. The average molecular weight is 313 g/mol. The molecule has 1 aliphatic carbocycles. The number of fused-ring (bicyclic) bond motifs is 1. The normalized spacial score (nSPS) is 17.2. The number of hydrogen-bond donors (Lipinski definition) is 0. The fraction of sp³-hybridized carbons (Fsp3) is 0.222. The second kappa shape index (κ2) is 5.34. The minimum Gasteiger partial charge on any atom is -0.0653 e. The van der Waals surface area contributed by atoms with Crippen molar-refractivity contribution in [3.8, 4) is 0 Å². The van der Waals surface area contributed by atoms with E-state index < -0.39 is 0 Å². The average Bonchev–Trinajstić information content (AvgIpc) is 2.78. The number of halogens is 1. The van der Waals surface area contributed by atoms with Crippen LogP contribution in [0, 0.1) is 0 Å². The lowest BCUT2D eigenvalue weighted by Gasteiger charge is -2.16. The molecule has 0 amide bonds. The molecule has 2 aromatic carbocycles. The summed E-state index contributed by atoms with van der Waals surface area (Å²) in [4.78, 5) is 0. The Morgan fingerprint density at radius 1 is 1.05 bits per heavy atom. The summed E-state index contributed by atoms with van der Waals surface area (Å²) in [7, 11) is 0. The molecule has 2 aromatic rings. The monoisotopic (exact) mass is 312 g/mol. The van der Waals surface area contributed by atoms with E-state index in [2.05, 4.69) is 77.5 Å². The van der Waals surface area contributed by atoms with Crippen molar-refractivity contribution in [2.24, 2.45) is 0 Å². The van der Waals surface area contributed by atoms with Gasteiger partial charge in [0.05, 0.1) is 0 Å². The van der Waals surface area contributed by atoms with E-state index in [1.165, 1.54) is 35.1 Å². The largest absolute Gasteiger partial charge is 0.0653 e. The minimum atomic E-state index is 0.551. The molecule has 0 N–H and O–H groups in total. The van der Waals surface area contributed by atoms with Gasteiger partial charge in [-0.05, 0) is 40.8 Å². The number of allylic oxidation sites excluding steroid dienone is 1. The van der Waals surface area contributed by atoms with Crippen molar-refractivity contribution in [3.63, 3.8) is 0 Å². The molecule has 0 heterocycles. The first kappa shape index (κ1) is 12.7. The van der Waals surface area contributed by atoms with Crippen molar-refractivity contribution in [2.75, 3.05) is 0 Å². The highest BCUT2D eigenvalue weighted by atomic mass is 79.9. The van der Waals surface area contributed by atoms with Crippen LogP contribution in [0.4, 0.5) is 0 Å². The van der Waals surface area contributed by atoms with Crippen LogP contribution in [0.1, 0.15) is 42.4 Å². The fourth-order valence-corrected chi connectivity index (χ4v) is 3.32. The molecule has 1 heteroatoms. The summed E-state index contributed by atoms with van der Waals surface area (Å²) in [6.07, 6.45) is 4.79.